The van der Waals surface area contributed by atoms with E-state index in [4.69, 9.17) is 4.42 Å². The minimum absolute atomic E-state index is 0.00851. The van der Waals surface area contributed by atoms with E-state index in [1.54, 1.807) is 31.3 Å². The highest BCUT2D eigenvalue weighted by Crippen LogP contribution is 2.24. The van der Waals surface area contributed by atoms with Crippen molar-refractivity contribution in [3.63, 3.8) is 0 Å². The van der Waals surface area contributed by atoms with Crippen LogP contribution >= 0.6 is 0 Å². The number of carbonyl (C=O) groups excluding carboxylic acids is 2. The molecule has 0 unspecified atom stereocenters. The van der Waals surface area contributed by atoms with Crippen LogP contribution in [0.15, 0.2) is 58.0 Å². The van der Waals surface area contributed by atoms with E-state index in [0.29, 0.717) is 22.4 Å². The summed E-state index contributed by atoms with van der Waals surface area (Å²) in [6.45, 7) is 3.39. The summed E-state index contributed by atoms with van der Waals surface area (Å²) in [7, 11) is 0. The lowest BCUT2D eigenvalue weighted by atomic mass is 10.1. The average molecular weight is 403 g/mol. The van der Waals surface area contributed by atoms with Gasteiger partial charge in [0.2, 0.25) is 0 Å². The van der Waals surface area contributed by atoms with E-state index in [2.05, 4.69) is 10.5 Å². The molecule has 150 valence electrons. The summed E-state index contributed by atoms with van der Waals surface area (Å²) in [5, 5.41) is 6.58. The summed E-state index contributed by atoms with van der Waals surface area (Å²) < 4.78 is 42.4. The van der Waals surface area contributed by atoms with Gasteiger partial charge in [-0.1, -0.05) is 30.3 Å². The topological polar surface area (TPSA) is 83.7 Å². The number of carbonyl (C=O) groups is 2. The molecule has 1 heterocycles. The Morgan fingerprint density at radius 1 is 1.03 bits per heavy atom. The van der Waals surface area contributed by atoms with Crippen molar-refractivity contribution in [2.75, 3.05) is 5.32 Å². The average Bonchev–Trinajstić information content (AvgIpc) is 3.03. The molecule has 1 aromatic heterocycles. The summed E-state index contributed by atoms with van der Waals surface area (Å²) in [5.74, 6) is -2.43. The number of hydrazone groups is 1. The second kappa shape index (κ2) is 7.78. The first-order valence-corrected chi connectivity index (χ1v) is 8.48. The number of hydrogen-bond acceptors (Lipinski definition) is 4. The van der Waals surface area contributed by atoms with E-state index in [1.165, 1.54) is 24.3 Å². The number of halogens is 3. The third-order valence-electron chi connectivity index (χ3n) is 4.19. The number of rotatable bonds is 4. The number of anilines is 1. The number of furan rings is 1. The second-order valence-corrected chi connectivity index (χ2v) is 6.22. The molecule has 0 aliphatic heterocycles. The van der Waals surface area contributed by atoms with Gasteiger partial charge in [-0.05, 0) is 37.6 Å². The Morgan fingerprint density at radius 3 is 2.31 bits per heavy atom. The van der Waals surface area contributed by atoms with Crippen molar-refractivity contribution in [1.82, 2.24) is 5.43 Å². The standard InChI is InChI=1S/C20H16F3N3O3/c1-11-15-5-3-4-6-16(15)29-17(11)18(27)26-25-12(2)13-7-9-14(10-8-13)24-19(28)20(21,22)23/h3-10H,1-2H3,(H,24,28)(H,26,27). The number of hydrogen-bond donors (Lipinski definition) is 2. The zero-order valence-corrected chi connectivity index (χ0v) is 15.4. The first-order valence-electron chi connectivity index (χ1n) is 8.48. The molecule has 3 aromatic rings. The molecule has 0 bridgehead atoms. The molecular formula is C20H16F3N3O3. The first-order chi connectivity index (χ1) is 13.7. The minimum atomic E-state index is -4.96. The van der Waals surface area contributed by atoms with Crippen LogP contribution in [0.25, 0.3) is 11.0 Å². The quantitative estimate of drug-likeness (QED) is 0.500. The fourth-order valence-corrected chi connectivity index (χ4v) is 2.64. The summed E-state index contributed by atoms with van der Waals surface area (Å²) >= 11 is 0. The molecule has 2 aromatic carbocycles. The zero-order chi connectivity index (χ0) is 21.2. The van der Waals surface area contributed by atoms with E-state index < -0.39 is 18.0 Å². The molecule has 0 aliphatic rings. The normalized spacial score (nSPS) is 12.1. The third-order valence-corrected chi connectivity index (χ3v) is 4.19. The molecular weight excluding hydrogens is 387 g/mol. The van der Waals surface area contributed by atoms with Gasteiger partial charge in [-0.2, -0.15) is 18.3 Å². The maximum absolute atomic E-state index is 12.4. The molecule has 0 fully saturated rings. The van der Waals surface area contributed by atoms with Crippen LogP contribution < -0.4 is 10.7 Å². The molecule has 0 aliphatic carbocycles. The van der Waals surface area contributed by atoms with Crippen LogP contribution in [0.2, 0.25) is 0 Å². The lowest BCUT2D eigenvalue weighted by Crippen LogP contribution is -2.29. The lowest BCUT2D eigenvalue weighted by molar-refractivity contribution is -0.167. The van der Waals surface area contributed by atoms with Gasteiger partial charge in [-0.25, -0.2) is 5.43 Å². The zero-order valence-electron chi connectivity index (χ0n) is 15.4. The van der Waals surface area contributed by atoms with E-state index in [9.17, 15) is 22.8 Å². The Morgan fingerprint density at radius 2 is 1.69 bits per heavy atom. The fourth-order valence-electron chi connectivity index (χ4n) is 2.64. The van der Waals surface area contributed by atoms with Crippen LogP contribution in [0.3, 0.4) is 0 Å². The van der Waals surface area contributed by atoms with Crippen LogP contribution in [0.5, 0.6) is 0 Å². The molecule has 3 rings (SSSR count). The molecule has 29 heavy (non-hydrogen) atoms. The van der Waals surface area contributed by atoms with Crippen molar-refractivity contribution < 1.29 is 27.2 Å². The van der Waals surface area contributed by atoms with Crippen LogP contribution in [-0.4, -0.2) is 23.7 Å². The fraction of sp³-hybridized carbons (Fsp3) is 0.150. The number of alkyl halides is 3. The van der Waals surface area contributed by atoms with Crippen molar-refractivity contribution in [2.24, 2.45) is 5.10 Å². The van der Waals surface area contributed by atoms with Gasteiger partial charge in [0.15, 0.2) is 5.76 Å². The highest BCUT2D eigenvalue weighted by Gasteiger charge is 2.38. The summed E-state index contributed by atoms with van der Waals surface area (Å²) in [4.78, 5) is 23.3. The molecule has 2 amide bonds. The van der Waals surface area contributed by atoms with Crippen molar-refractivity contribution in [1.29, 1.82) is 0 Å². The van der Waals surface area contributed by atoms with Gasteiger partial charge in [-0.15, -0.1) is 0 Å². The minimum Gasteiger partial charge on any atom is -0.451 e. The summed E-state index contributed by atoms with van der Waals surface area (Å²) in [6.07, 6.45) is -4.96. The Balaban J connectivity index is 1.70. The maximum Gasteiger partial charge on any atom is 0.471 e. The van der Waals surface area contributed by atoms with Crippen LogP contribution in [0.4, 0.5) is 18.9 Å². The van der Waals surface area contributed by atoms with Gasteiger partial charge in [-0.3, -0.25) is 9.59 Å². The maximum atomic E-state index is 12.4. The van der Waals surface area contributed by atoms with Crippen molar-refractivity contribution in [3.8, 4) is 0 Å². The molecule has 9 heteroatoms. The number of nitrogens with one attached hydrogen (secondary N) is 2. The number of fused-ring (bicyclic) bond motifs is 1. The smallest absolute Gasteiger partial charge is 0.451 e. The van der Waals surface area contributed by atoms with Gasteiger partial charge < -0.3 is 9.73 Å². The second-order valence-electron chi connectivity index (χ2n) is 6.22. The molecule has 0 atom stereocenters. The van der Waals surface area contributed by atoms with Gasteiger partial charge in [0.1, 0.15) is 5.58 Å². The summed E-state index contributed by atoms with van der Waals surface area (Å²) in [5.41, 5.74) is 4.64. The van der Waals surface area contributed by atoms with Crippen LogP contribution in [0.1, 0.15) is 28.6 Å². The molecule has 2 N–H and O–H groups in total. The van der Waals surface area contributed by atoms with Crippen molar-refractivity contribution >= 4 is 34.2 Å². The van der Waals surface area contributed by atoms with Crippen LogP contribution in [-0.2, 0) is 4.79 Å². The van der Waals surface area contributed by atoms with Gasteiger partial charge in [0.05, 0.1) is 5.71 Å². The first kappa shape index (κ1) is 20.1. The third kappa shape index (κ3) is 4.45. The molecule has 6 nitrogen and oxygen atoms in total. The Kier molecular flexibility index (Phi) is 5.40. The predicted molar refractivity (Wildman–Crippen MR) is 102 cm³/mol. The highest BCUT2D eigenvalue weighted by molar-refractivity contribution is 6.02. The molecule has 0 saturated carbocycles. The molecule has 0 saturated heterocycles. The molecule has 0 spiro atoms. The number of benzene rings is 2. The number of para-hydroxylation sites is 1. The Hall–Kier alpha value is -3.62. The number of amides is 2. The van der Waals surface area contributed by atoms with Crippen molar-refractivity contribution in [2.45, 2.75) is 20.0 Å². The van der Waals surface area contributed by atoms with Gasteiger partial charge >= 0.3 is 18.0 Å². The van der Waals surface area contributed by atoms with Gasteiger partial charge in [0, 0.05) is 16.6 Å². The van der Waals surface area contributed by atoms with E-state index in [-0.39, 0.29) is 11.4 Å². The molecule has 0 radical (unpaired) electrons. The predicted octanol–water partition coefficient (Wildman–Crippen LogP) is 4.40. The van der Waals surface area contributed by atoms with E-state index in [0.717, 1.165) is 5.39 Å². The van der Waals surface area contributed by atoms with Gasteiger partial charge in [0.25, 0.3) is 0 Å². The summed E-state index contributed by atoms with van der Waals surface area (Å²) in [6, 6.07) is 12.8. The SMILES string of the molecule is CC(=NNC(=O)c1oc2ccccc2c1C)c1ccc(NC(=O)C(F)(F)F)cc1. The van der Waals surface area contributed by atoms with Crippen molar-refractivity contribution in [3.05, 3.63) is 65.4 Å². The Labute approximate surface area is 163 Å². The van der Waals surface area contributed by atoms with E-state index in [1.807, 2.05) is 12.1 Å². The monoisotopic (exact) mass is 403 g/mol. The number of aryl methyl sites for hydroxylation is 1. The largest absolute Gasteiger partial charge is 0.471 e. The lowest BCUT2D eigenvalue weighted by Gasteiger charge is -2.08. The number of nitrogens with zero attached hydrogens (tertiary/aromatic N) is 1. The Bertz CT molecular complexity index is 1100. The van der Waals surface area contributed by atoms with E-state index >= 15 is 0 Å². The van der Waals surface area contributed by atoms with Crippen LogP contribution in [0, 0.1) is 6.92 Å². The highest BCUT2D eigenvalue weighted by atomic mass is 19.4.